The van der Waals surface area contributed by atoms with Gasteiger partial charge >= 0.3 is 0 Å². The number of likely N-dealkylation sites (tertiary alicyclic amines) is 1. The molecule has 4 unspecified atom stereocenters. The highest BCUT2D eigenvalue weighted by atomic mass is 16.2. The van der Waals surface area contributed by atoms with Crippen LogP contribution in [-0.2, 0) is 4.79 Å². The van der Waals surface area contributed by atoms with Crippen molar-refractivity contribution in [3.8, 4) is 0 Å². The van der Waals surface area contributed by atoms with Gasteiger partial charge < -0.3 is 10.6 Å². The molecule has 2 N–H and O–H groups in total. The summed E-state index contributed by atoms with van der Waals surface area (Å²) in [5.74, 6) is 0.834. The quantitative estimate of drug-likeness (QED) is 0.751. The Morgan fingerprint density at radius 3 is 2.60 bits per heavy atom. The van der Waals surface area contributed by atoms with Gasteiger partial charge in [-0.3, -0.25) is 9.69 Å². The number of amides is 1. The van der Waals surface area contributed by atoms with E-state index in [0.29, 0.717) is 12.0 Å². The summed E-state index contributed by atoms with van der Waals surface area (Å²) in [6, 6.07) is 0.874. The molecule has 0 bridgehead atoms. The smallest absolute Gasteiger partial charge is 0.237 e. The van der Waals surface area contributed by atoms with Gasteiger partial charge in [0.1, 0.15) is 0 Å². The van der Waals surface area contributed by atoms with E-state index in [2.05, 4.69) is 36.3 Å². The normalized spacial score (nSPS) is 27.1. The molecule has 0 aliphatic carbocycles. The van der Waals surface area contributed by atoms with Crippen molar-refractivity contribution in [3.05, 3.63) is 0 Å². The third-order valence-corrected chi connectivity index (χ3v) is 4.70. The second-order valence-corrected chi connectivity index (χ2v) is 6.22. The molecule has 1 rings (SSSR count). The molecule has 118 valence electrons. The third-order valence-electron chi connectivity index (χ3n) is 4.70. The van der Waals surface area contributed by atoms with Crippen LogP contribution in [0.3, 0.4) is 0 Å². The number of carbonyl (C=O) groups excluding carboxylic acids is 1. The number of hydrogen-bond donors (Lipinski definition) is 2. The SMILES string of the molecule is CCCC(C)NC(=O)C(C)N1CCC(NC)C(CC)C1. The predicted molar refractivity (Wildman–Crippen MR) is 84.8 cm³/mol. The molecule has 0 radical (unpaired) electrons. The molecular weight excluding hydrogens is 250 g/mol. The van der Waals surface area contributed by atoms with E-state index in [1.165, 1.54) is 6.42 Å². The van der Waals surface area contributed by atoms with E-state index < -0.39 is 0 Å². The maximum absolute atomic E-state index is 12.3. The number of nitrogens with one attached hydrogen (secondary N) is 2. The number of hydrogen-bond acceptors (Lipinski definition) is 3. The summed E-state index contributed by atoms with van der Waals surface area (Å²) in [5.41, 5.74) is 0. The lowest BCUT2D eigenvalue weighted by molar-refractivity contribution is -0.127. The fraction of sp³-hybridized carbons (Fsp3) is 0.938. The first-order chi connectivity index (χ1) is 9.53. The van der Waals surface area contributed by atoms with Crippen LogP contribution >= 0.6 is 0 Å². The van der Waals surface area contributed by atoms with E-state index in [0.717, 1.165) is 32.4 Å². The van der Waals surface area contributed by atoms with E-state index in [1.54, 1.807) is 0 Å². The Balaban J connectivity index is 2.50. The third kappa shape index (κ3) is 4.74. The largest absolute Gasteiger partial charge is 0.352 e. The molecule has 0 spiro atoms. The highest BCUT2D eigenvalue weighted by molar-refractivity contribution is 5.81. The Bertz CT molecular complexity index is 295. The topological polar surface area (TPSA) is 44.4 Å². The molecule has 1 aliphatic heterocycles. The molecule has 1 heterocycles. The zero-order valence-electron chi connectivity index (χ0n) is 13.9. The van der Waals surface area contributed by atoms with Gasteiger partial charge in [0.2, 0.25) is 5.91 Å². The molecule has 1 aliphatic rings. The lowest BCUT2D eigenvalue weighted by Crippen LogP contribution is -2.55. The van der Waals surface area contributed by atoms with Gasteiger partial charge in [-0.2, -0.15) is 0 Å². The Morgan fingerprint density at radius 2 is 2.05 bits per heavy atom. The summed E-state index contributed by atoms with van der Waals surface area (Å²) < 4.78 is 0. The lowest BCUT2D eigenvalue weighted by Gasteiger charge is -2.40. The van der Waals surface area contributed by atoms with Gasteiger partial charge in [-0.05, 0) is 39.7 Å². The standard InChI is InChI=1S/C16H33N3O/c1-6-8-12(3)18-16(20)13(4)19-10-9-15(17-5)14(7-2)11-19/h12-15,17H,6-11H2,1-5H3,(H,18,20). The van der Waals surface area contributed by atoms with Gasteiger partial charge in [-0.15, -0.1) is 0 Å². The minimum atomic E-state index is -0.0128. The Hall–Kier alpha value is -0.610. The van der Waals surface area contributed by atoms with Crippen LogP contribution < -0.4 is 10.6 Å². The van der Waals surface area contributed by atoms with Crippen LogP contribution in [0.5, 0.6) is 0 Å². The number of rotatable bonds is 7. The van der Waals surface area contributed by atoms with Crippen LogP contribution in [0, 0.1) is 5.92 Å². The molecular formula is C16H33N3O. The first-order valence-corrected chi connectivity index (χ1v) is 8.25. The maximum atomic E-state index is 12.3. The van der Waals surface area contributed by atoms with Gasteiger partial charge in [0, 0.05) is 25.2 Å². The summed E-state index contributed by atoms with van der Waals surface area (Å²) >= 11 is 0. The second kappa shape index (κ2) is 8.63. The first-order valence-electron chi connectivity index (χ1n) is 8.25. The van der Waals surface area contributed by atoms with Crippen LogP contribution in [-0.4, -0.2) is 49.1 Å². The summed E-state index contributed by atoms with van der Waals surface area (Å²) in [5, 5.41) is 6.56. The summed E-state index contributed by atoms with van der Waals surface area (Å²) in [7, 11) is 2.05. The monoisotopic (exact) mass is 283 g/mol. The van der Waals surface area contributed by atoms with Gasteiger partial charge in [0.05, 0.1) is 6.04 Å². The maximum Gasteiger partial charge on any atom is 0.237 e. The van der Waals surface area contributed by atoms with Gasteiger partial charge in [0.25, 0.3) is 0 Å². The number of piperidine rings is 1. The van der Waals surface area contributed by atoms with E-state index >= 15 is 0 Å². The Kier molecular flexibility index (Phi) is 7.52. The van der Waals surface area contributed by atoms with Crippen molar-refractivity contribution < 1.29 is 4.79 Å². The number of nitrogens with zero attached hydrogens (tertiary/aromatic N) is 1. The van der Waals surface area contributed by atoms with Crippen LogP contribution in [0.25, 0.3) is 0 Å². The average molecular weight is 283 g/mol. The van der Waals surface area contributed by atoms with Crippen molar-refractivity contribution in [2.24, 2.45) is 5.92 Å². The zero-order chi connectivity index (χ0) is 15.1. The minimum Gasteiger partial charge on any atom is -0.352 e. The molecule has 20 heavy (non-hydrogen) atoms. The molecule has 0 saturated carbocycles. The van der Waals surface area contributed by atoms with Gasteiger partial charge in [0.15, 0.2) is 0 Å². The van der Waals surface area contributed by atoms with Crippen LogP contribution in [0.2, 0.25) is 0 Å². The van der Waals surface area contributed by atoms with Gasteiger partial charge in [-0.25, -0.2) is 0 Å². The van der Waals surface area contributed by atoms with Crippen molar-refractivity contribution >= 4 is 5.91 Å². The van der Waals surface area contributed by atoms with E-state index in [-0.39, 0.29) is 18.0 Å². The first kappa shape index (κ1) is 17.4. The minimum absolute atomic E-state index is 0.0128. The molecule has 1 fully saturated rings. The van der Waals surface area contributed by atoms with Crippen molar-refractivity contribution in [3.63, 3.8) is 0 Å². The van der Waals surface area contributed by atoms with Gasteiger partial charge in [-0.1, -0.05) is 26.7 Å². The molecule has 4 nitrogen and oxygen atoms in total. The fourth-order valence-corrected chi connectivity index (χ4v) is 3.24. The number of carbonyl (C=O) groups is 1. The average Bonchev–Trinajstić information content (AvgIpc) is 2.45. The second-order valence-electron chi connectivity index (χ2n) is 6.22. The van der Waals surface area contributed by atoms with E-state index in [1.807, 2.05) is 14.0 Å². The molecule has 1 saturated heterocycles. The molecule has 0 aromatic carbocycles. The highest BCUT2D eigenvalue weighted by Crippen LogP contribution is 2.21. The van der Waals surface area contributed by atoms with E-state index in [9.17, 15) is 4.79 Å². The molecule has 0 aromatic heterocycles. The molecule has 0 aromatic rings. The summed E-state index contributed by atoms with van der Waals surface area (Å²) in [6.07, 6.45) is 4.47. The lowest BCUT2D eigenvalue weighted by atomic mass is 9.89. The van der Waals surface area contributed by atoms with Crippen LogP contribution in [0.4, 0.5) is 0 Å². The van der Waals surface area contributed by atoms with E-state index in [4.69, 9.17) is 0 Å². The Morgan fingerprint density at radius 1 is 1.35 bits per heavy atom. The summed E-state index contributed by atoms with van der Waals surface area (Å²) in [6.45, 7) is 10.6. The zero-order valence-corrected chi connectivity index (χ0v) is 13.9. The van der Waals surface area contributed by atoms with Crippen molar-refractivity contribution in [1.29, 1.82) is 0 Å². The van der Waals surface area contributed by atoms with Crippen LogP contribution in [0.15, 0.2) is 0 Å². The van der Waals surface area contributed by atoms with Crippen molar-refractivity contribution in [2.45, 2.75) is 71.5 Å². The molecule has 1 amide bonds. The fourth-order valence-electron chi connectivity index (χ4n) is 3.24. The Labute approximate surface area is 124 Å². The van der Waals surface area contributed by atoms with Crippen LogP contribution in [0.1, 0.15) is 53.4 Å². The molecule has 4 heteroatoms. The predicted octanol–water partition coefficient (Wildman–Crippen LogP) is 2.00. The van der Waals surface area contributed by atoms with Crippen molar-refractivity contribution in [1.82, 2.24) is 15.5 Å². The van der Waals surface area contributed by atoms with Crippen molar-refractivity contribution in [2.75, 3.05) is 20.1 Å². The highest BCUT2D eigenvalue weighted by Gasteiger charge is 2.31. The molecule has 4 atom stereocenters. The summed E-state index contributed by atoms with van der Waals surface area (Å²) in [4.78, 5) is 14.6.